The van der Waals surface area contributed by atoms with E-state index in [4.69, 9.17) is 4.84 Å². The van der Waals surface area contributed by atoms with E-state index < -0.39 is 6.10 Å². The van der Waals surface area contributed by atoms with Crippen molar-refractivity contribution in [1.82, 2.24) is 4.98 Å². The number of nitrogens with zero attached hydrogens (tertiary/aromatic N) is 2. The number of aromatic hydroxyl groups is 1. The van der Waals surface area contributed by atoms with Crippen LogP contribution in [0, 0.1) is 18.3 Å². The van der Waals surface area contributed by atoms with E-state index in [1.165, 1.54) is 0 Å². The summed E-state index contributed by atoms with van der Waals surface area (Å²) in [5.41, 5.74) is 2.47. The third kappa shape index (κ3) is 4.21. The van der Waals surface area contributed by atoms with Gasteiger partial charge in [-0.25, -0.2) is 4.98 Å². The quantitative estimate of drug-likeness (QED) is 0.514. The number of nitriles is 1. The zero-order valence-corrected chi connectivity index (χ0v) is 13.0. The highest BCUT2D eigenvalue weighted by Gasteiger charge is 2.17. The average Bonchev–Trinajstić information content (AvgIpc) is 2.51. The minimum Gasteiger partial charge on any atom is -1.00 e. The lowest BCUT2D eigenvalue weighted by atomic mass is 10.1. The second-order valence-electron chi connectivity index (χ2n) is 4.59. The Morgan fingerprint density at radius 3 is 2.59 bits per heavy atom. The van der Waals surface area contributed by atoms with E-state index in [9.17, 15) is 10.4 Å². The molecule has 2 N–H and O–H groups in total. The van der Waals surface area contributed by atoms with Gasteiger partial charge in [-0.05, 0) is 24.2 Å². The first-order chi connectivity index (χ1) is 10.1. The molecule has 5 nitrogen and oxygen atoms in total. The molecule has 1 atom stereocenters. The van der Waals surface area contributed by atoms with Crippen LogP contribution in [0.2, 0.25) is 0 Å². The van der Waals surface area contributed by atoms with Crippen molar-refractivity contribution in [3.63, 3.8) is 0 Å². The summed E-state index contributed by atoms with van der Waals surface area (Å²) < 4.78 is 0. The fourth-order valence-corrected chi connectivity index (χ4v) is 1.82. The van der Waals surface area contributed by atoms with Crippen LogP contribution in [-0.4, -0.2) is 15.8 Å². The molecule has 0 spiro atoms. The molecule has 0 saturated carbocycles. The maximum atomic E-state index is 9.80. The predicted octanol–water partition coefficient (Wildman–Crippen LogP) is -1.81. The molecule has 114 valence electrons. The number of halogens is 1. The molecule has 6 heteroatoms. The molecule has 2 rings (SSSR count). The van der Waals surface area contributed by atoms with Gasteiger partial charge in [-0.2, -0.15) is 5.26 Å². The SMILES string of the molecule is CC(=[NH+]OC(C#N)c1ccccc1)c1nc(C)ccc1O.[Cl-]. The van der Waals surface area contributed by atoms with Crippen molar-refractivity contribution in [1.29, 1.82) is 5.26 Å². The first kappa shape index (κ1) is 17.5. The van der Waals surface area contributed by atoms with Gasteiger partial charge < -0.3 is 17.5 Å². The van der Waals surface area contributed by atoms with E-state index in [2.05, 4.69) is 16.2 Å². The zero-order valence-electron chi connectivity index (χ0n) is 12.2. The maximum absolute atomic E-state index is 9.80. The van der Waals surface area contributed by atoms with E-state index in [0.717, 1.165) is 11.3 Å². The molecule has 0 aliphatic rings. The van der Waals surface area contributed by atoms with Gasteiger partial charge in [0.15, 0.2) is 5.69 Å². The van der Waals surface area contributed by atoms with Crippen molar-refractivity contribution in [2.45, 2.75) is 20.0 Å². The Hall–Kier alpha value is -2.58. The summed E-state index contributed by atoms with van der Waals surface area (Å²) in [6.07, 6.45) is -0.742. The lowest BCUT2D eigenvalue weighted by Gasteiger charge is -2.04. The molecule has 0 aliphatic heterocycles. The topological polar surface area (TPSA) is 80.1 Å². The van der Waals surface area contributed by atoms with Gasteiger partial charge in [-0.3, -0.25) is 4.84 Å². The zero-order chi connectivity index (χ0) is 15.2. The number of rotatable bonds is 4. The Bertz CT molecular complexity index is 696. The highest BCUT2D eigenvalue weighted by molar-refractivity contribution is 5.94. The van der Waals surface area contributed by atoms with Gasteiger partial charge in [0.1, 0.15) is 11.8 Å². The van der Waals surface area contributed by atoms with Crippen molar-refractivity contribution >= 4 is 5.71 Å². The molecule has 1 unspecified atom stereocenters. The number of hydrogen-bond donors (Lipinski definition) is 2. The number of aromatic nitrogens is 1. The average molecular weight is 318 g/mol. The molecule has 0 fully saturated rings. The minimum atomic E-state index is -0.742. The molecule has 0 bridgehead atoms. The number of benzene rings is 1. The summed E-state index contributed by atoms with van der Waals surface area (Å²) in [7, 11) is 0. The van der Waals surface area contributed by atoms with E-state index in [0.29, 0.717) is 11.4 Å². The molecule has 1 aromatic carbocycles. The van der Waals surface area contributed by atoms with Gasteiger partial charge in [0, 0.05) is 18.2 Å². The summed E-state index contributed by atoms with van der Waals surface area (Å²) in [4.78, 5) is 9.63. The lowest BCUT2D eigenvalue weighted by molar-refractivity contribution is -0.763. The Morgan fingerprint density at radius 2 is 1.95 bits per heavy atom. The largest absolute Gasteiger partial charge is 1.00 e. The summed E-state index contributed by atoms with van der Waals surface area (Å²) >= 11 is 0. The van der Waals surface area contributed by atoms with Crippen LogP contribution in [0.15, 0.2) is 42.5 Å². The summed E-state index contributed by atoms with van der Waals surface area (Å²) in [5, 5.41) is 21.7. The fourth-order valence-electron chi connectivity index (χ4n) is 1.82. The number of aryl methyl sites for hydroxylation is 1. The standard InChI is InChI=1S/C16H15N3O2.ClH/c1-11-8-9-14(20)16(18-11)12(2)19-21-15(10-17)13-6-4-3-5-7-13;/h3-9,15,20H,1-2H3;1H. The van der Waals surface area contributed by atoms with Crippen molar-refractivity contribution in [3.05, 3.63) is 59.4 Å². The molecule has 0 saturated heterocycles. The van der Waals surface area contributed by atoms with Gasteiger partial charge >= 0.3 is 0 Å². The van der Waals surface area contributed by atoms with Crippen LogP contribution in [0.5, 0.6) is 5.75 Å². The molecular weight excluding hydrogens is 302 g/mol. The van der Waals surface area contributed by atoms with E-state index >= 15 is 0 Å². The Kier molecular flexibility index (Phi) is 6.36. The van der Waals surface area contributed by atoms with E-state index in [1.54, 1.807) is 19.1 Å². The number of nitrogens with one attached hydrogen (secondary N) is 1. The first-order valence-electron chi connectivity index (χ1n) is 6.48. The molecule has 1 aromatic heterocycles. The highest BCUT2D eigenvalue weighted by Crippen LogP contribution is 2.15. The smallest absolute Gasteiger partial charge is 0.279 e. The lowest BCUT2D eigenvalue weighted by Crippen LogP contribution is -3.00. The van der Waals surface area contributed by atoms with Gasteiger partial charge in [-0.15, -0.1) is 0 Å². The minimum absolute atomic E-state index is 0. The summed E-state index contributed by atoms with van der Waals surface area (Å²) in [5.74, 6) is 0.0578. The Morgan fingerprint density at radius 1 is 1.27 bits per heavy atom. The maximum Gasteiger partial charge on any atom is 0.279 e. The summed E-state index contributed by atoms with van der Waals surface area (Å²) in [6.45, 7) is 3.56. The first-order valence-corrected chi connectivity index (χ1v) is 6.48. The van der Waals surface area contributed by atoms with Crippen molar-refractivity contribution in [2.24, 2.45) is 0 Å². The summed E-state index contributed by atoms with van der Waals surface area (Å²) in [6, 6.07) is 14.5. The van der Waals surface area contributed by atoms with Gasteiger partial charge in [0.2, 0.25) is 0 Å². The normalized spacial score (nSPS) is 12.0. The van der Waals surface area contributed by atoms with E-state index in [1.807, 2.05) is 37.3 Å². The Labute approximate surface area is 135 Å². The molecule has 1 heterocycles. The molecule has 0 aliphatic carbocycles. The molecule has 0 radical (unpaired) electrons. The number of hydrogen-bond acceptors (Lipinski definition) is 4. The predicted molar refractivity (Wildman–Crippen MR) is 77.3 cm³/mol. The second-order valence-corrected chi connectivity index (χ2v) is 4.59. The van der Waals surface area contributed by atoms with Crippen LogP contribution in [0.3, 0.4) is 0 Å². The van der Waals surface area contributed by atoms with Crippen molar-refractivity contribution < 1.29 is 27.5 Å². The molecule has 22 heavy (non-hydrogen) atoms. The van der Waals surface area contributed by atoms with Gasteiger partial charge in [0.25, 0.3) is 11.8 Å². The van der Waals surface area contributed by atoms with Crippen LogP contribution in [0.1, 0.15) is 30.0 Å². The third-order valence-electron chi connectivity index (χ3n) is 2.92. The van der Waals surface area contributed by atoms with Gasteiger partial charge in [0.05, 0.1) is 0 Å². The van der Waals surface area contributed by atoms with Crippen molar-refractivity contribution in [2.75, 3.05) is 0 Å². The Balaban J connectivity index is 0.00000242. The van der Waals surface area contributed by atoms with Crippen LogP contribution in [-0.2, 0) is 4.84 Å². The van der Waals surface area contributed by atoms with Gasteiger partial charge in [-0.1, -0.05) is 30.3 Å². The van der Waals surface area contributed by atoms with Crippen LogP contribution < -0.4 is 17.6 Å². The van der Waals surface area contributed by atoms with Crippen LogP contribution in [0.4, 0.5) is 0 Å². The molecule has 2 aromatic rings. The fraction of sp³-hybridized carbons (Fsp3) is 0.188. The second kappa shape index (κ2) is 8.01. The van der Waals surface area contributed by atoms with Crippen LogP contribution in [0.25, 0.3) is 0 Å². The van der Waals surface area contributed by atoms with E-state index in [-0.39, 0.29) is 18.2 Å². The highest BCUT2D eigenvalue weighted by atomic mass is 35.5. The third-order valence-corrected chi connectivity index (χ3v) is 2.92. The number of pyridine rings is 1. The molecule has 0 amide bonds. The molecular formula is C16H16ClN3O2. The monoisotopic (exact) mass is 317 g/mol. The van der Waals surface area contributed by atoms with Crippen LogP contribution >= 0.6 is 0 Å². The van der Waals surface area contributed by atoms with Crippen molar-refractivity contribution in [3.8, 4) is 11.8 Å².